The molecule has 2 rings (SSSR count). The van der Waals surface area contributed by atoms with Crippen LogP contribution in [0.2, 0.25) is 0 Å². The SMILES string of the molecule is CC(C)(C)NC(=O)CN1CCC(CNC(=O)C[C@@H]2CCC[C@H]2N)CC1.Cl.Cl. The van der Waals surface area contributed by atoms with E-state index in [0.717, 1.165) is 51.7 Å². The molecule has 2 amide bonds. The van der Waals surface area contributed by atoms with Gasteiger partial charge in [-0.1, -0.05) is 6.42 Å². The van der Waals surface area contributed by atoms with E-state index in [9.17, 15) is 9.59 Å². The first-order chi connectivity index (χ1) is 11.7. The average molecular weight is 425 g/mol. The predicted molar refractivity (Wildman–Crippen MR) is 114 cm³/mol. The summed E-state index contributed by atoms with van der Waals surface area (Å²) in [7, 11) is 0. The molecule has 160 valence electrons. The molecule has 0 aromatic heterocycles. The molecule has 0 aromatic carbocycles. The van der Waals surface area contributed by atoms with Crippen LogP contribution in [0.4, 0.5) is 0 Å². The molecule has 1 aliphatic heterocycles. The van der Waals surface area contributed by atoms with Crippen molar-refractivity contribution in [1.29, 1.82) is 0 Å². The molecule has 1 saturated heterocycles. The van der Waals surface area contributed by atoms with Crippen molar-refractivity contribution in [3.05, 3.63) is 0 Å². The molecule has 8 heteroatoms. The van der Waals surface area contributed by atoms with E-state index in [1.54, 1.807) is 0 Å². The monoisotopic (exact) mass is 424 g/mol. The van der Waals surface area contributed by atoms with Gasteiger partial charge in [0.15, 0.2) is 0 Å². The van der Waals surface area contributed by atoms with Crippen LogP contribution in [-0.4, -0.2) is 54.5 Å². The maximum Gasteiger partial charge on any atom is 0.234 e. The summed E-state index contributed by atoms with van der Waals surface area (Å²) in [5, 5.41) is 6.10. The number of nitrogens with zero attached hydrogens (tertiary/aromatic N) is 1. The van der Waals surface area contributed by atoms with Crippen LogP contribution in [0.15, 0.2) is 0 Å². The van der Waals surface area contributed by atoms with Gasteiger partial charge in [0, 0.05) is 24.5 Å². The minimum Gasteiger partial charge on any atom is -0.356 e. The largest absolute Gasteiger partial charge is 0.356 e. The predicted octanol–water partition coefficient (Wildman–Crippen LogP) is 2.09. The second-order valence-electron chi connectivity index (χ2n) is 8.88. The Hall–Kier alpha value is -0.560. The van der Waals surface area contributed by atoms with Crippen LogP contribution >= 0.6 is 24.8 Å². The van der Waals surface area contributed by atoms with E-state index < -0.39 is 0 Å². The van der Waals surface area contributed by atoms with Gasteiger partial charge >= 0.3 is 0 Å². The fourth-order valence-electron chi connectivity index (χ4n) is 3.90. The topological polar surface area (TPSA) is 87.5 Å². The van der Waals surface area contributed by atoms with E-state index in [-0.39, 0.29) is 48.2 Å². The van der Waals surface area contributed by atoms with E-state index in [1.165, 1.54) is 0 Å². The van der Waals surface area contributed by atoms with Gasteiger partial charge in [0.25, 0.3) is 0 Å². The van der Waals surface area contributed by atoms with Crippen LogP contribution in [-0.2, 0) is 9.59 Å². The quantitative estimate of drug-likeness (QED) is 0.608. The van der Waals surface area contributed by atoms with Crippen molar-refractivity contribution in [2.24, 2.45) is 17.6 Å². The van der Waals surface area contributed by atoms with Gasteiger partial charge in [0.2, 0.25) is 11.8 Å². The van der Waals surface area contributed by atoms with Gasteiger partial charge in [-0.15, -0.1) is 24.8 Å². The lowest BCUT2D eigenvalue weighted by Gasteiger charge is -2.32. The lowest BCUT2D eigenvalue weighted by Crippen LogP contribution is -2.48. The van der Waals surface area contributed by atoms with Crippen LogP contribution in [0.1, 0.15) is 59.3 Å². The molecule has 1 heterocycles. The molecule has 0 aromatic rings. The third-order valence-corrected chi connectivity index (χ3v) is 5.34. The Morgan fingerprint density at radius 1 is 1.04 bits per heavy atom. The third kappa shape index (κ3) is 9.97. The summed E-state index contributed by atoms with van der Waals surface area (Å²) in [6.07, 6.45) is 5.94. The molecule has 1 aliphatic carbocycles. The Bertz CT molecular complexity index is 463. The molecule has 0 radical (unpaired) electrons. The third-order valence-electron chi connectivity index (χ3n) is 5.34. The summed E-state index contributed by atoms with van der Waals surface area (Å²) < 4.78 is 0. The van der Waals surface area contributed by atoms with Crippen LogP contribution < -0.4 is 16.4 Å². The van der Waals surface area contributed by atoms with Crippen molar-refractivity contribution in [2.45, 2.75) is 70.9 Å². The highest BCUT2D eigenvalue weighted by atomic mass is 35.5. The summed E-state index contributed by atoms with van der Waals surface area (Å²) in [5.41, 5.74) is 5.86. The van der Waals surface area contributed by atoms with Crippen molar-refractivity contribution in [1.82, 2.24) is 15.5 Å². The van der Waals surface area contributed by atoms with Crippen molar-refractivity contribution in [3.63, 3.8) is 0 Å². The number of nitrogens with one attached hydrogen (secondary N) is 2. The molecular weight excluding hydrogens is 387 g/mol. The van der Waals surface area contributed by atoms with Gasteiger partial charge < -0.3 is 16.4 Å². The van der Waals surface area contributed by atoms with Crippen molar-refractivity contribution in [3.8, 4) is 0 Å². The molecule has 27 heavy (non-hydrogen) atoms. The minimum atomic E-state index is -0.179. The van der Waals surface area contributed by atoms with Gasteiger partial charge in [-0.25, -0.2) is 0 Å². The number of carbonyl (C=O) groups excluding carboxylic acids is 2. The number of halogens is 2. The van der Waals surface area contributed by atoms with Gasteiger partial charge in [-0.3, -0.25) is 14.5 Å². The van der Waals surface area contributed by atoms with E-state index in [0.29, 0.717) is 24.8 Å². The molecule has 2 aliphatic rings. The number of carbonyl (C=O) groups is 2. The number of nitrogens with two attached hydrogens (primary N) is 1. The normalized spacial score (nSPS) is 23.9. The molecule has 0 bridgehead atoms. The second kappa shape index (κ2) is 12.1. The lowest BCUT2D eigenvalue weighted by molar-refractivity contribution is -0.124. The molecule has 4 N–H and O–H groups in total. The summed E-state index contributed by atoms with van der Waals surface area (Å²) in [4.78, 5) is 26.3. The highest BCUT2D eigenvalue weighted by molar-refractivity contribution is 5.85. The summed E-state index contributed by atoms with van der Waals surface area (Å²) in [6, 6.07) is 0.202. The Labute approximate surface area is 176 Å². The zero-order valence-corrected chi connectivity index (χ0v) is 18.6. The van der Waals surface area contributed by atoms with E-state index >= 15 is 0 Å². The Morgan fingerprint density at radius 2 is 1.67 bits per heavy atom. The first-order valence-electron chi connectivity index (χ1n) is 9.78. The smallest absolute Gasteiger partial charge is 0.234 e. The standard InChI is InChI=1S/C19H36N4O2.2ClH/c1-19(2,3)22-18(25)13-23-9-7-14(8-10-23)12-21-17(24)11-15-5-4-6-16(15)20;;/h14-16H,4-13,20H2,1-3H3,(H,21,24)(H,22,25);2*1H/t15-,16+;;/m0../s1. The summed E-state index contributed by atoms with van der Waals surface area (Å²) in [6.45, 7) is 9.06. The number of amides is 2. The second-order valence-corrected chi connectivity index (χ2v) is 8.88. The Balaban J connectivity index is 0.00000338. The number of hydrogen-bond donors (Lipinski definition) is 3. The number of rotatable bonds is 6. The zero-order valence-electron chi connectivity index (χ0n) is 17.0. The summed E-state index contributed by atoms with van der Waals surface area (Å²) in [5.74, 6) is 1.12. The highest BCUT2D eigenvalue weighted by Crippen LogP contribution is 2.26. The number of likely N-dealkylation sites (tertiary alicyclic amines) is 1. The van der Waals surface area contributed by atoms with Gasteiger partial charge in [0.05, 0.1) is 6.54 Å². The molecule has 0 spiro atoms. The lowest BCUT2D eigenvalue weighted by atomic mass is 9.96. The zero-order chi connectivity index (χ0) is 18.4. The van der Waals surface area contributed by atoms with Gasteiger partial charge in [-0.05, 0) is 71.4 Å². The van der Waals surface area contributed by atoms with Gasteiger partial charge in [-0.2, -0.15) is 0 Å². The summed E-state index contributed by atoms with van der Waals surface area (Å²) >= 11 is 0. The molecule has 1 saturated carbocycles. The van der Waals surface area contributed by atoms with Crippen LogP contribution in [0.25, 0.3) is 0 Å². The highest BCUT2D eigenvalue weighted by Gasteiger charge is 2.27. The maximum absolute atomic E-state index is 12.1. The maximum atomic E-state index is 12.1. The van der Waals surface area contributed by atoms with Crippen molar-refractivity contribution in [2.75, 3.05) is 26.2 Å². The van der Waals surface area contributed by atoms with E-state index in [1.807, 2.05) is 20.8 Å². The molecule has 2 atom stereocenters. The number of hydrogen-bond acceptors (Lipinski definition) is 4. The van der Waals surface area contributed by atoms with Crippen LogP contribution in [0, 0.1) is 11.8 Å². The van der Waals surface area contributed by atoms with E-state index in [4.69, 9.17) is 5.73 Å². The number of piperidine rings is 1. The van der Waals surface area contributed by atoms with Gasteiger partial charge in [0.1, 0.15) is 0 Å². The van der Waals surface area contributed by atoms with E-state index in [2.05, 4.69) is 15.5 Å². The van der Waals surface area contributed by atoms with Crippen molar-refractivity contribution >= 4 is 36.6 Å². The van der Waals surface area contributed by atoms with Crippen molar-refractivity contribution < 1.29 is 9.59 Å². The Kier molecular flexibility index (Phi) is 11.8. The van der Waals surface area contributed by atoms with Crippen LogP contribution in [0.3, 0.4) is 0 Å². The fourth-order valence-corrected chi connectivity index (χ4v) is 3.90. The first kappa shape index (κ1) is 26.4. The molecule has 6 nitrogen and oxygen atoms in total. The average Bonchev–Trinajstić information content (AvgIpc) is 2.90. The molecule has 2 fully saturated rings. The Morgan fingerprint density at radius 3 is 2.19 bits per heavy atom. The molecule has 0 unspecified atom stereocenters. The van der Waals surface area contributed by atoms with Crippen LogP contribution in [0.5, 0.6) is 0 Å². The minimum absolute atomic E-state index is 0. The molecular formula is C19H38Cl2N4O2. The first-order valence-corrected chi connectivity index (χ1v) is 9.78. The fraction of sp³-hybridized carbons (Fsp3) is 0.895.